The zero-order valence-electron chi connectivity index (χ0n) is 13.0. The average Bonchev–Trinajstić information content (AvgIpc) is 2.48. The summed E-state index contributed by atoms with van der Waals surface area (Å²) in [6.07, 6.45) is 3.11. The van der Waals surface area contributed by atoms with Gasteiger partial charge in [-0.15, -0.1) is 0 Å². The standard InChI is InChI=1S/C17H26N2O2/c1-3-21-17(20)16(18)11-14-6-8-15(9-7-14)19-10-4-5-13(2)12-19/h6-9,13,16H,3-5,10-12,18H2,1-2H3. The molecule has 21 heavy (non-hydrogen) atoms. The minimum atomic E-state index is -0.578. The molecule has 0 spiro atoms. The molecule has 0 saturated carbocycles. The largest absolute Gasteiger partial charge is 0.465 e. The lowest BCUT2D eigenvalue weighted by Gasteiger charge is -2.32. The Balaban J connectivity index is 1.94. The number of esters is 1. The van der Waals surface area contributed by atoms with Crippen LogP contribution >= 0.6 is 0 Å². The maximum absolute atomic E-state index is 11.5. The Hall–Kier alpha value is -1.55. The van der Waals surface area contributed by atoms with Crippen molar-refractivity contribution in [2.45, 2.75) is 39.2 Å². The maximum atomic E-state index is 11.5. The highest BCUT2D eigenvalue weighted by molar-refractivity contribution is 5.75. The summed E-state index contributed by atoms with van der Waals surface area (Å²) in [7, 11) is 0. The van der Waals surface area contributed by atoms with Gasteiger partial charge in [0.25, 0.3) is 0 Å². The van der Waals surface area contributed by atoms with Gasteiger partial charge in [-0.05, 0) is 49.8 Å². The SMILES string of the molecule is CCOC(=O)C(N)Cc1ccc(N2CCCC(C)C2)cc1. The Morgan fingerprint density at radius 2 is 2.14 bits per heavy atom. The van der Waals surface area contributed by atoms with Gasteiger partial charge in [-0.25, -0.2) is 0 Å². The molecule has 1 aromatic rings. The summed E-state index contributed by atoms with van der Waals surface area (Å²) in [6.45, 7) is 6.73. The van der Waals surface area contributed by atoms with Gasteiger partial charge in [-0.3, -0.25) is 4.79 Å². The van der Waals surface area contributed by atoms with E-state index in [1.54, 1.807) is 6.92 Å². The van der Waals surface area contributed by atoms with E-state index in [0.717, 1.165) is 24.6 Å². The number of anilines is 1. The van der Waals surface area contributed by atoms with Crippen molar-refractivity contribution in [2.75, 3.05) is 24.6 Å². The molecule has 1 aliphatic heterocycles. The number of piperidine rings is 1. The summed E-state index contributed by atoms with van der Waals surface area (Å²) in [5.41, 5.74) is 8.18. The van der Waals surface area contributed by atoms with E-state index in [1.165, 1.54) is 18.5 Å². The number of ether oxygens (including phenoxy) is 1. The van der Waals surface area contributed by atoms with E-state index in [9.17, 15) is 4.79 Å². The number of nitrogens with zero attached hydrogens (tertiary/aromatic N) is 1. The summed E-state index contributed by atoms with van der Waals surface area (Å²) in [6, 6.07) is 7.81. The number of hydrogen-bond acceptors (Lipinski definition) is 4. The fourth-order valence-corrected chi connectivity index (χ4v) is 2.85. The normalized spacial score (nSPS) is 20.1. The van der Waals surface area contributed by atoms with E-state index in [0.29, 0.717) is 13.0 Å². The van der Waals surface area contributed by atoms with Gasteiger partial charge in [0.2, 0.25) is 0 Å². The molecule has 1 heterocycles. The highest BCUT2D eigenvalue weighted by Gasteiger charge is 2.17. The molecule has 2 N–H and O–H groups in total. The number of benzene rings is 1. The molecule has 2 rings (SSSR count). The fourth-order valence-electron chi connectivity index (χ4n) is 2.85. The van der Waals surface area contributed by atoms with E-state index < -0.39 is 6.04 Å². The Kier molecular flexibility index (Phi) is 5.62. The van der Waals surface area contributed by atoms with Crippen LogP contribution in [-0.2, 0) is 16.0 Å². The molecule has 0 radical (unpaired) electrons. The van der Waals surface area contributed by atoms with E-state index in [-0.39, 0.29) is 5.97 Å². The van der Waals surface area contributed by atoms with Crippen molar-refractivity contribution in [3.8, 4) is 0 Å². The van der Waals surface area contributed by atoms with Crippen LogP contribution in [0.1, 0.15) is 32.3 Å². The topological polar surface area (TPSA) is 55.6 Å². The second-order valence-electron chi connectivity index (χ2n) is 5.92. The highest BCUT2D eigenvalue weighted by Crippen LogP contribution is 2.23. The predicted molar refractivity (Wildman–Crippen MR) is 85.4 cm³/mol. The zero-order valence-corrected chi connectivity index (χ0v) is 13.0. The summed E-state index contributed by atoms with van der Waals surface area (Å²) in [5, 5.41) is 0. The number of nitrogens with two attached hydrogens (primary N) is 1. The molecule has 0 bridgehead atoms. The third kappa shape index (κ3) is 4.46. The number of rotatable bonds is 5. The first kappa shape index (κ1) is 15.8. The number of carbonyl (C=O) groups excluding carboxylic acids is 1. The van der Waals surface area contributed by atoms with Crippen LogP contribution < -0.4 is 10.6 Å². The Bertz CT molecular complexity index is 458. The van der Waals surface area contributed by atoms with E-state index in [2.05, 4.69) is 36.1 Å². The molecule has 1 aromatic carbocycles. The van der Waals surface area contributed by atoms with Gasteiger partial charge in [-0.2, -0.15) is 0 Å². The molecule has 2 unspecified atom stereocenters. The molecule has 116 valence electrons. The Morgan fingerprint density at radius 3 is 2.76 bits per heavy atom. The Labute approximate surface area is 127 Å². The highest BCUT2D eigenvalue weighted by atomic mass is 16.5. The summed E-state index contributed by atoms with van der Waals surface area (Å²) in [5.74, 6) is 0.432. The van der Waals surface area contributed by atoms with Crippen molar-refractivity contribution in [2.24, 2.45) is 11.7 Å². The molecule has 4 heteroatoms. The van der Waals surface area contributed by atoms with Gasteiger partial charge in [0.15, 0.2) is 0 Å². The number of hydrogen-bond donors (Lipinski definition) is 1. The van der Waals surface area contributed by atoms with Crippen LogP contribution in [-0.4, -0.2) is 31.7 Å². The minimum absolute atomic E-state index is 0.327. The summed E-state index contributed by atoms with van der Waals surface area (Å²) in [4.78, 5) is 14.0. The summed E-state index contributed by atoms with van der Waals surface area (Å²) < 4.78 is 4.93. The van der Waals surface area contributed by atoms with Crippen LogP contribution in [0, 0.1) is 5.92 Å². The van der Waals surface area contributed by atoms with Crippen LogP contribution in [0.25, 0.3) is 0 Å². The lowest BCUT2D eigenvalue weighted by atomic mass is 9.99. The van der Waals surface area contributed by atoms with Gasteiger partial charge in [0, 0.05) is 18.8 Å². The van der Waals surface area contributed by atoms with Gasteiger partial charge >= 0.3 is 5.97 Å². The maximum Gasteiger partial charge on any atom is 0.323 e. The minimum Gasteiger partial charge on any atom is -0.465 e. The van der Waals surface area contributed by atoms with Gasteiger partial charge < -0.3 is 15.4 Å². The van der Waals surface area contributed by atoms with Crippen molar-refractivity contribution < 1.29 is 9.53 Å². The third-order valence-electron chi connectivity index (χ3n) is 4.00. The second kappa shape index (κ2) is 7.46. The predicted octanol–water partition coefficient (Wildman–Crippen LogP) is 2.36. The second-order valence-corrected chi connectivity index (χ2v) is 5.92. The number of carbonyl (C=O) groups is 1. The first-order valence-electron chi connectivity index (χ1n) is 7.86. The van der Waals surface area contributed by atoms with Crippen LogP contribution in [0.4, 0.5) is 5.69 Å². The van der Waals surface area contributed by atoms with Crippen molar-refractivity contribution in [3.63, 3.8) is 0 Å². The molecule has 0 amide bonds. The molecule has 1 aliphatic rings. The van der Waals surface area contributed by atoms with Gasteiger partial charge in [0.05, 0.1) is 6.61 Å². The van der Waals surface area contributed by atoms with Crippen molar-refractivity contribution in [3.05, 3.63) is 29.8 Å². The van der Waals surface area contributed by atoms with Crippen LogP contribution in [0.5, 0.6) is 0 Å². The lowest BCUT2D eigenvalue weighted by Crippen LogP contribution is -2.35. The van der Waals surface area contributed by atoms with Crippen molar-refractivity contribution in [1.29, 1.82) is 0 Å². The van der Waals surface area contributed by atoms with Crippen LogP contribution in [0.15, 0.2) is 24.3 Å². The molecule has 0 aliphatic carbocycles. The fraction of sp³-hybridized carbons (Fsp3) is 0.588. The van der Waals surface area contributed by atoms with Crippen LogP contribution in [0.2, 0.25) is 0 Å². The van der Waals surface area contributed by atoms with E-state index in [4.69, 9.17) is 10.5 Å². The lowest BCUT2D eigenvalue weighted by molar-refractivity contribution is -0.144. The zero-order chi connectivity index (χ0) is 15.2. The third-order valence-corrected chi connectivity index (χ3v) is 4.00. The quantitative estimate of drug-likeness (QED) is 0.846. The van der Waals surface area contributed by atoms with Crippen molar-refractivity contribution >= 4 is 11.7 Å². The first-order chi connectivity index (χ1) is 10.1. The molecular weight excluding hydrogens is 264 g/mol. The Morgan fingerprint density at radius 1 is 1.43 bits per heavy atom. The van der Waals surface area contributed by atoms with Crippen molar-refractivity contribution in [1.82, 2.24) is 0 Å². The molecule has 4 nitrogen and oxygen atoms in total. The van der Waals surface area contributed by atoms with Gasteiger partial charge in [0.1, 0.15) is 6.04 Å². The van der Waals surface area contributed by atoms with E-state index >= 15 is 0 Å². The van der Waals surface area contributed by atoms with Gasteiger partial charge in [-0.1, -0.05) is 19.1 Å². The average molecular weight is 290 g/mol. The molecule has 1 saturated heterocycles. The molecule has 0 aromatic heterocycles. The summed E-state index contributed by atoms with van der Waals surface area (Å²) >= 11 is 0. The van der Waals surface area contributed by atoms with Crippen LogP contribution in [0.3, 0.4) is 0 Å². The monoisotopic (exact) mass is 290 g/mol. The smallest absolute Gasteiger partial charge is 0.323 e. The molecule has 1 fully saturated rings. The van der Waals surface area contributed by atoms with E-state index in [1.807, 2.05) is 0 Å². The molecule has 2 atom stereocenters. The first-order valence-corrected chi connectivity index (χ1v) is 7.86. The molecular formula is C17H26N2O2.